The molecule has 33 heavy (non-hydrogen) atoms. The number of fused-ring (bicyclic) bond motifs is 2. The summed E-state index contributed by atoms with van der Waals surface area (Å²) in [6, 6.07) is 13.2. The van der Waals surface area contributed by atoms with Gasteiger partial charge in [-0.3, -0.25) is 9.59 Å². The molecule has 3 aromatic carbocycles. The summed E-state index contributed by atoms with van der Waals surface area (Å²) in [5, 5.41) is 1.35. The summed E-state index contributed by atoms with van der Waals surface area (Å²) in [5.41, 5.74) is 2.15. The van der Waals surface area contributed by atoms with Crippen molar-refractivity contribution in [3.05, 3.63) is 114 Å². The molecule has 1 aliphatic heterocycles. The Morgan fingerprint density at radius 2 is 1.67 bits per heavy atom. The topological polar surface area (TPSA) is 50.5 Å². The molecular formula is C25H15Cl3FNO3. The first-order chi connectivity index (χ1) is 15.7. The summed E-state index contributed by atoms with van der Waals surface area (Å²) in [6.45, 7) is 1.92. The Balaban J connectivity index is 1.74. The second-order valence-corrected chi connectivity index (χ2v) is 9.13. The van der Waals surface area contributed by atoms with Crippen molar-refractivity contribution < 1.29 is 13.6 Å². The normalized spacial score (nSPS) is 15.4. The van der Waals surface area contributed by atoms with Gasteiger partial charge < -0.3 is 9.32 Å². The van der Waals surface area contributed by atoms with E-state index >= 15 is 0 Å². The summed E-state index contributed by atoms with van der Waals surface area (Å²) in [7, 11) is 0. The van der Waals surface area contributed by atoms with Gasteiger partial charge in [0.15, 0.2) is 5.43 Å². The van der Waals surface area contributed by atoms with E-state index in [1.54, 1.807) is 49.4 Å². The Kier molecular flexibility index (Phi) is 5.44. The molecule has 0 bridgehead atoms. The number of carbonyl (C=O) groups excluding carboxylic acids is 1. The van der Waals surface area contributed by atoms with E-state index in [2.05, 4.69) is 0 Å². The van der Waals surface area contributed by atoms with Gasteiger partial charge in [-0.05, 0) is 60.0 Å². The van der Waals surface area contributed by atoms with Gasteiger partial charge in [0.25, 0.3) is 5.91 Å². The van der Waals surface area contributed by atoms with Crippen molar-refractivity contribution in [1.82, 2.24) is 4.90 Å². The highest BCUT2D eigenvalue weighted by atomic mass is 35.5. The lowest BCUT2D eigenvalue weighted by Gasteiger charge is -2.25. The van der Waals surface area contributed by atoms with Crippen molar-refractivity contribution in [2.24, 2.45) is 0 Å². The molecule has 1 aromatic heterocycles. The van der Waals surface area contributed by atoms with Gasteiger partial charge in [0.2, 0.25) is 5.76 Å². The number of carbonyl (C=O) groups is 1. The third kappa shape index (κ3) is 3.70. The van der Waals surface area contributed by atoms with Crippen LogP contribution in [-0.4, -0.2) is 10.8 Å². The average Bonchev–Trinajstić information content (AvgIpc) is 3.05. The molecule has 0 radical (unpaired) electrons. The molecule has 5 rings (SSSR count). The number of hydrogen-bond acceptors (Lipinski definition) is 3. The van der Waals surface area contributed by atoms with Gasteiger partial charge in [-0.25, -0.2) is 4.39 Å². The predicted molar refractivity (Wildman–Crippen MR) is 127 cm³/mol. The lowest BCUT2D eigenvalue weighted by atomic mass is 9.98. The maximum atomic E-state index is 13.6. The van der Waals surface area contributed by atoms with Crippen molar-refractivity contribution in [2.75, 3.05) is 0 Å². The Morgan fingerprint density at radius 1 is 0.939 bits per heavy atom. The molecule has 1 atom stereocenters. The second kappa shape index (κ2) is 8.17. The predicted octanol–water partition coefficient (Wildman–Crippen LogP) is 6.95. The quantitative estimate of drug-likeness (QED) is 0.305. The second-order valence-electron chi connectivity index (χ2n) is 7.91. The molecule has 0 fully saturated rings. The van der Waals surface area contributed by atoms with Crippen LogP contribution in [0.4, 0.5) is 4.39 Å². The molecule has 0 saturated carbocycles. The van der Waals surface area contributed by atoms with Crippen LogP contribution in [-0.2, 0) is 6.54 Å². The standard InChI is InChI=1S/C25H15Cl3FNO3/c1-12-8-20-16(10-18(12)27)23(31)21-22(14-4-7-17(26)19(28)9-14)30(25(32)24(21)33-20)11-13-2-5-15(29)6-3-13/h2-10,22H,11H2,1H3. The zero-order valence-electron chi connectivity index (χ0n) is 17.2. The molecule has 1 aliphatic rings. The first-order valence-corrected chi connectivity index (χ1v) is 11.1. The fourth-order valence-electron chi connectivity index (χ4n) is 4.12. The highest BCUT2D eigenvalue weighted by Crippen LogP contribution is 2.41. The molecule has 0 aliphatic carbocycles. The highest BCUT2D eigenvalue weighted by Gasteiger charge is 2.43. The zero-order valence-corrected chi connectivity index (χ0v) is 19.4. The van der Waals surface area contributed by atoms with E-state index in [0.29, 0.717) is 26.2 Å². The number of benzene rings is 3. The van der Waals surface area contributed by atoms with Crippen LogP contribution in [0.5, 0.6) is 0 Å². The molecule has 1 amide bonds. The molecule has 2 heterocycles. The monoisotopic (exact) mass is 501 g/mol. The number of halogens is 4. The molecule has 0 N–H and O–H groups in total. The average molecular weight is 503 g/mol. The maximum absolute atomic E-state index is 13.6. The van der Waals surface area contributed by atoms with E-state index in [0.717, 1.165) is 5.56 Å². The molecule has 1 unspecified atom stereocenters. The van der Waals surface area contributed by atoms with Gasteiger partial charge in [-0.1, -0.05) is 53.0 Å². The molecular weight excluding hydrogens is 488 g/mol. The number of nitrogens with zero attached hydrogens (tertiary/aromatic N) is 1. The van der Waals surface area contributed by atoms with Crippen LogP contribution in [0.3, 0.4) is 0 Å². The van der Waals surface area contributed by atoms with Crippen LogP contribution in [0.1, 0.15) is 38.9 Å². The molecule has 0 saturated heterocycles. The summed E-state index contributed by atoms with van der Waals surface area (Å²) < 4.78 is 19.4. The summed E-state index contributed by atoms with van der Waals surface area (Å²) in [6.07, 6.45) is 0. The van der Waals surface area contributed by atoms with Crippen molar-refractivity contribution in [1.29, 1.82) is 0 Å². The first-order valence-electron chi connectivity index (χ1n) is 10.0. The minimum atomic E-state index is -0.770. The molecule has 4 nitrogen and oxygen atoms in total. The van der Waals surface area contributed by atoms with Crippen LogP contribution >= 0.6 is 34.8 Å². The Morgan fingerprint density at radius 3 is 2.36 bits per heavy atom. The largest absolute Gasteiger partial charge is 0.450 e. The van der Waals surface area contributed by atoms with E-state index < -0.39 is 11.9 Å². The third-order valence-corrected chi connectivity index (χ3v) is 6.92. The van der Waals surface area contributed by atoms with Crippen LogP contribution in [0, 0.1) is 12.7 Å². The Hall–Kier alpha value is -2.86. The van der Waals surface area contributed by atoms with Crippen LogP contribution in [0.2, 0.25) is 15.1 Å². The summed E-state index contributed by atoms with van der Waals surface area (Å²) in [5.74, 6) is -0.865. The number of amides is 1. The van der Waals surface area contributed by atoms with Gasteiger partial charge in [0.05, 0.1) is 27.0 Å². The van der Waals surface area contributed by atoms with Gasteiger partial charge in [0, 0.05) is 11.6 Å². The van der Waals surface area contributed by atoms with Crippen LogP contribution < -0.4 is 5.43 Å². The van der Waals surface area contributed by atoms with Crippen molar-refractivity contribution in [3.63, 3.8) is 0 Å². The molecule has 8 heteroatoms. The smallest absolute Gasteiger partial charge is 0.291 e. The molecule has 0 spiro atoms. The Bertz CT molecular complexity index is 1500. The SMILES string of the molecule is Cc1cc2oc3c(c(=O)c2cc1Cl)C(c1ccc(Cl)c(Cl)c1)N(Cc1ccc(F)cc1)C3=O. The molecule has 166 valence electrons. The van der Waals surface area contributed by atoms with E-state index in [9.17, 15) is 14.0 Å². The fraction of sp³-hybridized carbons (Fsp3) is 0.120. The fourth-order valence-corrected chi connectivity index (χ4v) is 4.59. The summed E-state index contributed by atoms with van der Waals surface area (Å²) >= 11 is 18.6. The van der Waals surface area contributed by atoms with Crippen molar-refractivity contribution in [3.8, 4) is 0 Å². The number of rotatable bonds is 3. The Labute approximate surface area is 203 Å². The van der Waals surface area contributed by atoms with Gasteiger partial charge >= 0.3 is 0 Å². The van der Waals surface area contributed by atoms with Gasteiger partial charge in [0.1, 0.15) is 11.4 Å². The first kappa shape index (κ1) is 22.0. The lowest BCUT2D eigenvalue weighted by molar-refractivity contribution is 0.0714. The minimum absolute atomic E-state index is 0.0348. The van der Waals surface area contributed by atoms with E-state index in [-0.39, 0.29) is 40.1 Å². The third-order valence-electron chi connectivity index (χ3n) is 5.77. The highest BCUT2D eigenvalue weighted by molar-refractivity contribution is 6.42. The van der Waals surface area contributed by atoms with Gasteiger partial charge in [-0.2, -0.15) is 0 Å². The van der Waals surface area contributed by atoms with Crippen LogP contribution in [0.25, 0.3) is 11.0 Å². The number of hydrogen-bond donors (Lipinski definition) is 0. The summed E-state index contributed by atoms with van der Waals surface area (Å²) in [4.78, 5) is 28.6. The minimum Gasteiger partial charge on any atom is -0.450 e. The lowest BCUT2D eigenvalue weighted by Crippen LogP contribution is -2.29. The van der Waals surface area contributed by atoms with Gasteiger partial charge in [-0.15, -0.1) is 0 Å². The van der Waals surface area contributed by atoms with E-state index in [1.165, 1.54) is 17.0 Å². The maximum Gasteiger partial charge on any atom is 0.291 e. The number of aryl methyl sites for hydroxylation is 1. The van der Waals surface area contributed by atoms with E-state index in [4.69, 9.17) is 39.2 Å². The van der Waals surface area contributed by atoms with Crippen molar-refractivity contribution in [2.45, 2.75) is 19.5 Å². The van der Waals surface area contributed by atoms with E-state index in [1.807, 2.05) is 0 Å². The van der Waals surface area contributed by atoms with Crippen LogP contribution in [0.15, 0.2) is 63.8 Å². The molecule has 4 aromatic rings. The zero-order chi connectivity index (χ0) is 23.4. The van der Waals surface area contributed by atoms with Crippen molar-refractivity contribution >= 4 is 51.7 Å².